The van der Waals surface area contributed by atoms with E-state index in [1.54, 1.807) is 36.0 Å². The second-order valence-electron chi connectivity index (χ2n) is 9.17. The summed E-state index contributed by atoms with van der Waals surface area (Å²) in [5.74, 6) is -1.09. The zero-order chi connectivity index (χ0) is 25.2. The lowest BCUT2D eigenvalue weighted by Crippen LogP contribution is -2.24. The van der Waals surface area contributed by atoms with Crippen molar-refractivity contribution in [2.45, 2.75) is 43.0 Å². The molecule has 1 unspecified atom stereocenters. The number of thioether (sulfide) groups is 1. The van der Waals surface area contributed by atoms with Crippen LogP contribution in [0.4, 0.5) is 8.78 Å². The summed E-state index contributed by atoms with van der Waals surface area (Å²) < 4.78 is 30.7. The van der Waals surface area contributed by atoms with Crippen molar-refractivity contribution in [3.63, 3.8) is 0 Å². The molecule has 1 aliphatic carbocycles. The second kappa shape index (κ2) is 10.6. The van der Waals surface area contributed by atoms with Gasteiger partial charge < -0.3 is 9.67 Å². The van der Waals surface area contributed by atoms with E-state index in [0.717, 1.165) is 42.2 Å². The fourth-order valence-corrected chi connectivity index (χ4v) is 6.28. The van der Waals surface area contributed by atoms with Crippen molar-refractivity contribution in [3.8, 4) is 11.4 Å². The van der Waals surface area contributed by atoms with Gasteiger partial charge in [-0.3, -0.25) is 0 Å². The Morgan fingerprint density at radius 3 is 2.36 bits per heavy atom. The van der Waals surface area contributed by atoms with E-state index >= 15 is 0 Å². The number of hydrogen-bond acceptors (Lipinski definition) is 3. The summed E-state index contributed by atoms with van der Waals surface area (Å²) in [4.78, 5) is 16.9. The SMILES string of the molecule is O=C(O)c1ccc(SCC(C2CCCCC2)n2c(-c3ccc(Cl)cc3)nc3cc(F)c(F)cc32)cc1. The molecule has 1 heterocycles. The Kier molecular flexibility index (Phi) is 7.30. The molecule has 1 saturated carbocycles. The van der Waals surface area contributed by atoms with Gasteiger partial charge in [0.2, 0.25) is 0 Å². The van der Waals surface area contributed by atoms with Crippen molar-refractivity contribution >= 4 is 40.4 Å². The van der Waals surface area contributed by atoms with Crippen molar-refractivity contribution in [2.75, 3.05) is 5.75 Å². The summed E-state index contributed by atoms with van der Waals surface area (Å²) in [6.07, 6.45) is 5.55. The van der Waals surface area contributed by atoms with Gasteiger partial charge in [0.05, 0.1) is 16.6 Å². The van der Waals surface area contributed by atoms with Gasteiger partial charge in [-0.15, -0.1) is 11.8 Å². The van der Waals surface area contributed by atoms with Crippen LogP contribution in [0.25, 0.3) is 22.4 Å². The average Bonchev–Trinajstić information content (AvgIpc) is 3.23. The van der Waals surface area contributed by atoms with Crippen molar-refractivity contribution in [2.24, 2.45) is 5.92 Å². The minimum Gasteiger partial charge on any atom is -0.478 e. The summed E-state index contributed by atoms with van der Waals surface area (Å²) in [5.41, 5.74) is 2.05. The topological polar surface area (TPSA) is 55.1 Å². The number of fused-ring (bicyclic) bond motifs is 1. The molecule has 36 heavy (non-hydrogen) atoms. The summed E-state index contributed by atoms with van der Waals surface area (Å²) in [6, 6.07) is 16.6. The summed E-state index contributed by atoms with van der Waals surface area (Å²) >= 11 is 7.76. The number of carboxylic acids is 1. The Hall–Kier alpha value is -2.90. The third kappa shape index (κ3) is 5.13. The van der Waals surface area contributed by atoms with Gasteiger partial charge in [0.1, 0.15) is 5.82 Å². The molecule has 1 aliphatic rings. The molecule has 186 valence electrons. The summed E-state index contributed by atoms with van der Waals surface area (Å²) in [7, 11) is 0. The van der Waals surface area contributed by atoms with Gasteiger partial charge in [-0.05, 0) is 67.3 Å². The first-order valence-corrected chi connectivity index (χ1v) is 13.4. The van der Waals surface area contributed by atoms with Crippen LogP contribution in [0.5, 0.6) is 0 Å². The normalized spacial score (nSPS) is 15.3. The maximum absolute atomic E-state index is 14.5. The lowest BCUT2D eigenvalue weighted by molar-refractivity contribution is 0.0697. The Morgan fingerprint density at radius 2 is 1.69 bits per heavy atom. The maximum atomic E-state index is 14.5. The van der Waals surface area contributed by atoms with Crippen LogP contribution in [-0.4, -0.2) is 26.4 Å². The number of rotatable bonds is 7. The highest BCUT2D eigenvalue weighted by Gasteiger charge is 2.30. The first kappa shape index (κ1) is 24.8. The Bertz CT molecular complexity index is 1380. The van der Waals surface area contributed by atoms with Crippen LogP contribution in [0.1, 0.15) is 48.5 Å². The molecule has 5 rings (SSSR count). The molecule has 3 aromatic carbocycles. The molecule has 1 aromatic heterocycles. The van der Waals surface area contributed by atoms with Gasteiger partial charge in [-0.25, -0.2) is 18.6 Å². The van der Waals surface area contributed by atoms with E-state index in [-0.39, 0.29) is 11.6 Å². The summed E-state index contributed by atoms with van der Waals surface area (Å²) in [5, 5.41) is 9.80. The van der Waals surface area contributed by atoms with Crippen LogP contribution >= 0.6 is 23.4 Å². The van der Waals surface area contributed by atoms with Gasteiger partial charge in [0, 0.05) is 39.4 Å². The fourth-order valence-electron chi connectivity index (χ4n) is 5.04. The fraction of sp³-hybridized carbons (Fsp3) is 0.286. The second-order valence-corrected chi connectivity index (χ2v) is 10.7. The zero-order valence-corrected chi connectivity index (χ0v) is 21.0. The molecule has 0 saturated heterocycles. The standard InChI is InChI=1S/C28H25ClF2N2O2S/c29-20-10-6-18(7-11-20)27-32-24-14-22(30)23(31)15-25(24)33(27)26(17-4-2-1-3-5-17)16-36-21-12-8-19(9-13-21)28(34)35/h6-15,17,26H,1-5,16H2,(H,34,35). The van der Waals surface area contributed by atoms with Crippen molar-refractivity contribution in [3.05, 3.63) is 82.9 Å². The number of hydrogen-bond donors (Lipinski definition) is 1. The molecule has 1 atom stereocenters. The van der Waals surface area contributed by atoms with Gasteiger partial charge >= 0.3 is 5.97 Å². The molecule has 1 fully saturated rings. The monoisotopic (exact) mass is 526 g/mol. The minimum absolute atomic E-state index is 0.0185. The molecule has 0 bridgehead atoms. The van der Waals surface area contributed by atoms with Crippen LogP contribution in [-0.2, 0) is 0 Å². The molecular weight excluding hydrogens is 502 g/mol. The highest BCUT2D eigenvalue weighted by molar-refractivity contribution is 7.99. The van der Waals surface area contributed by atoms with Crippen LogP contribution < -0.4 is 0 Å². The molecule has 0 amide bonds. The highest BCUT2D eigenvalue weighted by Crippen LogP contribution is 2.41. The number of aromatic nitrogens is 2. The molecule has 4 aromatic rings. The van der Waals surface area contributed by atoms with E-state index in [1.165, 1.54) is 12.5 Å². The first-order chi connectivity index (χ1) is 17.4. The molecule has 0 radical (unpaired) electrons. The van der Waals surface area contributed by atoms with E-state index in [2.05, 4.69) is 4.57 Å². The number of nitrogens with zero attached hydrogens (tertiary/aromatic N) is 2. The quantitative estimate of drug-likeness (QED) is 0.246. The van der Waals surface area contributed by atoms with Crippen LogP contribution in [0.15, 0.2) is 65.6 Å². The molecule has 8 heteroatoms. The number of aromatic carboxylic acids is 1. The molecule has 0 spiro atoms. The minimum atomic E-state index is -0.960. The van der Waals surface area contributed by atoms with E-state index < -0.39 is 17.6 Å². The third-order valence-electron chi connectivity index (χ3n) is 6.88. The predicted octanol–water partition coefficient (Wildman–Crippen LogP) is 8.25. The van der Waals surface area contributed by atoms with Crippen LogP contribution in [0.2, 0.25) is 5.02 Å². The maximum Gasteiger partial charge on any atom is 0.335 e. The number of carboxylic acid groups (broad SMARTS) is 1. The van der Waals surface area contributed by atoms with Crippen molar-refractivity contribution in [1.82, 2.24) is 9.55 Å². The third-order valence-corrected chi connectivity index (χ3v) is 8.25. The number of carbonyl (C=O) groups is 1. The van der Waals surface area contributed by atoms with Crippen LogP contribution in [0.3, 0.4) is 0 Å². The molecule has 4 nitrogen and oxygen atoms in total. The van der Waals surface area contributed by atoms with E-state index in [4.69, 9.17) is 16.6 Å². The van der Waals surface area contributed by atoms with Gasteiger partial charge in [-0.1, -0.05) is 30.9 Å². The summed E-state index contributed by atoms with van der Waals surface area (Å²) in [6.45, 7) is 0. The number of imidazole rings is 1. The molecule has 0 aliphatic heterocycles. The lowest BCUT2D eigenvalue weighted by atomic mass is 9.84. The highest BCUT2D eigenvalue weighted by atomic mass is 35.5. The lowest BCUT2D eigenvalue weighted by Gasteiger charge is -2.33. The average molecular weight is 527 g/mol. The largest absolute Gasteiger partial charge is 0.478 e. The molecule has 1 N–H and O–H groups in total. The zero-order valence-electron chi connectivity index (χ0n) is 19.5. The number of halogens is 3. The van der Waals surface area contributed by atoms with E-state index in [9.17, 15) is 18.7 Å². The van der Waals surface area contributed by atoms with E-state index in [1.807, 2.05) is 24.3 Å². The van der Waals surface area contributed by atoms with Crippen LogP contribution in [0, 0.1) is 17.6 Å². The number of benzene rings is 3. The Morgan fingerprint density at radius 1 is 1.03 bits per heavy atom. The van der Waals surface area contributed by atoms with Crippen molar-refractivity contribution in [1.29, 1.82) is 0 Å². The Balaban J connectivity index is 1.60. The first-order valence-electron chi connectivity index (χ1n) is 12.0. The van der Waals surface area contributed by atoms with E-state index in [0.29, 0.717) is 33.6 Å². The smallest absolute Gasteiger partial charge is 0.335 e. The van der Waals surface area contributed by atoms with Gasteiger partial charge in [0.25, 0.3) is 0 Å². The van der Waals surface area contributed by atoms with Gasteiger partial charge in [0.15, 0.2) is 11.6 Å². The molecular formula is C28H25ClF2N2O2S. The van der Waals surface area contributed by atoms with Crippen molar-refractivity contribution < 1.29 is 18.7 Å². The van der Waals surface area contributed by atoms with Gasteiger partial charge in [-0.2, -0.15) is 0 Å². The predicted molar refractivity (Wildman–Crippen MR) is 140 cm³/mol. The Labute approximate surface area is 217 Å².